The highest BCUT2D eigenvalue weighted by molar-refractivity contribution is 6.28. The van der Waals surface area contributed by atoms with Crippen LogP contribution in [0.15, 0.2) is 51.3 Å². The summed E-state index contributed by atoms with van der Waals surface area (Å²) in [6.45, 7) is 0. The number of halogens is 1. The topological polar surface area (TPSA) is 52.3 Å². The van der Waals surface area contributed by atoms with E-state index < -0.39 is 6.04 Å². The molecule has 1 aromatic carbocycles. The van der Waals surface area contributed by atoms with E-state index in [0.717, 1.165) is 11.0 Å². The van der Waals surface area contributed by atoms with E-state index in [2.05, 4.69) is 0 Å². The fourth-order valence-electron chi connectivity index (χ4n) is 1.79. The average molecular weight is 248 g/mol. The number of hydrogen-bond acceptors (Lipinski definition) is 3. The van der Waals surface area contributed by atoms with Crippen molar-refractivity contribution in [3.63, 3.8) is 0 Å². The molecule has 17 heavy (non-hydrogen) atoms. The maximum atomic E-state index is 6.05. The van der Waals surface area contributed by atoms with Crippen molar-refractivity contribution < 1.29 is 8.83 Å². The summed E-state index contributed by atoms with van der Waals surface area (Å²) in [7, 11) is 0. The van der Waals surface area contributed by atoms with Gasteiger partial charge in [-0.05, 0) is 35.9 Å². The van der Waals surface area contributed by atoms with E-state index in [1.807, 2.05) is 30.3 Å². The van der Waals surface area contributed by atoms with Crippen molar-refractivity contribution in [1.29, 1.82) is 0 Å². The fourth-order valence-corrected chi connectivity index (χ4v) is 1.94. The molecule has 1 unspecified atom stereocenters. The van der Waals surface area contributed by atoms with E-state index in [0.29, 0.717) is 16.7 Å². The molecule has 0 aliphatic carbocycles. The van der Waals surface area contributed by atoms with Crippen LogP contribution in [0.4, 0.5) is 0 Å². The van der Waals surface area contributed by atoms with Crippen LogP contribution in [0.1, 0.15) is 17.6 Å². The molecule has 86 valence electrons. The number of nitrogens with two attached hydrogens (primary N) is 1. The van der Waals surface area contributed by atoms with Crippen molar-refractivity contribution in [2.24, 2.45) is 5.73 Å². The van der Waals surface area contributed by atoms with Crippen molar-refractivity contribution in [3.05, 3.63) is 59.2 Å². The van der Waals surface area contributed by atoms with Gasteiger partial charge in [0.25, 0.3) is 0 Å². The van der Waals surface area contributed by atoms with Crippen molar-refractivity contribution >= 4 is 22.6 Å². The number of fused-ring (bicyclic) bond motifs is 1. The maximum Gasteiger partial charge on any atom is 0.193 e. The molecule has 2 N–H and O–H groups in total. The lowest BCUT2D eigenvalue weighted by Crippen LogP contribution is -2.09. The SMILES string of the molecule is NC(c1ccc(Cl)o1)c1cc2ccccc2o1. The van der Waals surface area contributed by atoms with Gasteiger partial charge in [0.1, 0.15) is 23.1 Å². The summed E-state index contributed by atoms with van der Waals surface area (Å²) in [5.74, 6) is 1.26. The first-order valence-electron chi connectivity index (χ1n) is 5.23. The Labute approximate surface area is 103 Å². The van der Waals surface area contributed by atoms with Crippen LogP contribution in [0.25, 0.3) is 11.0 Å². The monoisotopic (exact) mass is 247 g/mol. The summed E-state index contributed by atoms with van der Waals surface area (Å²) in [6.07, 6.45) is 0. The zero-order valence-corrected chi connectivity index (χ0v) is 9.65. The number of benzene rings is 1. The van der Waals surface area contributed by atoms with Crippen LogP contribution in [-0.4, -0.2) is 0 Å². The molecule has 2 aromatic heterocycles. The summed E-state index contributed by atoms with van der Waals surface area (Å²) in [6, 6.07) is 12.7. The van der Waals surface area contributed by atoms with E-state index in [4.69, 9.17) is 26.2 Å². The van der Waals surface area contributed by atoms with Crippen LogP contribution < -0.4 is 5.73 Å². The predicted molar refractivity (Wildman–Crippen MR) is 66.0 cm³/mol. The molecule has 2 heterocycles. The van der Waals surface area contributed by atoms with Gasteiger partial charge >= 0.3 is 0 Å². The van der Waals surface area contributed by atoms with Crippen molar-refractivity contribution in [3.8, 4) is 0 Å². The van der Waals surface area contributed by atoms with Crippen LogP contribution in [-0.2, 0) is 0 Å². The number of furan rings is 2. The molecule has 0 aliphatic rings. The minimum absolute atomic E-state index is 0.326. The molecule has 3 nitrogen and oxygen atoms in total. The number of para-hydroxylation sites is 1. The molecular weight excluding hydrogens is 238 g/mol. The smallest absolute Gasteiger partial charge is 0.193 e. The second-order valence-corrected chi connectivity index (χ2v) is 4.18. The molecule has 0 fully saturated rings. The Morgan fingerprint density at radius 3 is 2.53 bits per heavy atom. The first-order valence-corrected chi connectivity index (χ1v) is 5.61. The highest BCUT2D eigenvalue weighted by Gasteiger charge is 2.17. The molecule has 0 saturated heterocycles. The molecule has 0 aliphatic heterocycles. The van der Waals surface area contributed by atoms with Crippen molar-refractivity contribution in [2.45, 2.75) is 6.04 Å². The van der Waals surface area contributed by atoms with Crippen LogP contribution in [0.5, 0.6) is 0 Å². The van der Waals surface area contributed by atoms with Gasteiger partial charge in [-0.25, -0.2) is 0 Å². The van der Waals surface area contributed by atoms with E-state index in [1.54, 1.807) is 12.1 Å². The first kappa shape index (κ1) is 10.4. The third kappa shape index (κ3) is 1.84. The lowest BCUT2D eigenvalue weighted by Gasteiger charge is -2.03. The van der Waals surface area contributed by atoms with Gasteiger partial charge in [0.2, 0.25) is 0 Å². The normalized spacial score (nSPS) is 13.1. The van der Waals surface area contributed by atoms with Crippen LogP contribution in [0.2, 0.25) is 5.22 Å². The lowest BCUT2D eigenvalue weighted by molar-refractivity contribution is 0.446. The van der Waals surface area contributed by atoms with Gasteiger partial charge in [0.05, 0.1) is 0 Å². The Morgan fingerprint density at radius 1 is 1.00 bits per heavy atom. The third-order valence-corrected chi connectivity index (χ3v) is 2.85. The Balaban J connectivity index is 2.03. The second-order valence-electron chi connectivity index (χ2n) is 3.81. The van der Waals surface area contributed by atoms with Gasteiger partial charge < -0.3 is 14.6 Å². The average Bonchev–Trinajstić information content (AvgIpc) is 2.93. The van der Waals surface area contributed by atoms with Crippen LogP contribution >= 0.6 is 11.6 Å². The Hall–Kier alpha value is -1.71. The van der Waals surface area contributed by atoms with Gasteiger partial charge in [-0.15, -0.1) is 0 Å². The Morgan fingerprint density at radius 2 is 1.82 bits per heavy atom. The van der Waals surface area contributed by atoms with Crippen molar-refractivity contribution in [1.82, 2.24) is 0 Å². The molecule has 0 saturated carbocycles. The molecule has 0 bridgehead atoms. The number of rotatable bonds is 2. The molecule has 3 rings (SSSR count). The Kier molecular flexibility index (Phi) is 2.42. The van der Waals surface area contributed by atoms with Crippen LogP contribution in [0, 0.1) is 0 Å². The molecule has 4 heteroatoms. The predicted octanol–water partition coefficient (Wildman–Crippen LogP) is 3.73. The van der Waals surface area contributed by atoms with E-state index >= 15 is 0 Å². The highest BCUT2D eigenvalue weighted by Crippen LogP contribution is 2.28. The van der Waals surface area contributed by atoms with Crippen LogP contribution in [0.3, 0.4) is 0 Å². The standard InChI is InChI=1S/C13H10ClNO2/c14-12-6-5-10(17-12)13(15)11-7-8-3-1-2-4-9(8)16-11/h1-7,13H,15H2. The second kappa shape index (κ2) is 3.95. The summed E-state index contributed by atoms with van der Waals surface area (Å²) in [4.78, 5) is 0. The zero-order chi connectivity index (χ0) is 11.8. The van der Waals surface area contributed by atoms with Gasteiger partial charge in [-0.3, -0.25) is 0 Å². The Bertz CT molecular complexity index is 623. The summed E-state index contributed by atoms with van der Waals surface area (Å²) in [5.41, 5.74) is 6.86. The molecule has 0 amide bonds. The third-order valence-electron chi connectivity index (χ3n) is 2.65. The quantitative estimate of drug-likeness (QED) is 0.751. The summed E-state index contributed by atoms with van der Waals surface area (Å²) >= 11 is 5.72. The van der Waals surface area contributed by atoms with Gasteiger partial charge in [0.15, 0.2) is 5.22 Å². The molecule has 3 aromatic rings. The van der Waals surface area contributed by atoms with E-state index in [1.165, 1.54) is 0 Å². The highest BCUT2D eigenvalue weighted by atomic mass is 35.5. The fraction of sp³-hybridized carbons (Fsp3) is 0.0769. The first-order chi connectivity index (χ1) is 8.24. The molecule has 1 atom stereocenters. The molecular formula is C13H10ClNO2. The van der Waals surface area contributed by atoms with E-state index in [-0.39, 0.29) is 0 Å². The zero-order valence-electron chi connectivity index (χ0n) is 8.89. The molecule has 0 radical (unpaired) electrons. The van der Waals surface area contributed by atoms with E-state index in [9.17, 15) is 0 Å². The minimum Gasteiger partial charge on any atom is -0.459 e. The van der Waals surface area contributed by atoms with Gasteiger partial charge in [0, 0.05) is 5.39 Å². The largest absolute Gasteiger partial charge is 0.459 e. The maximum absolute atomic E-state index is 6.05. The van der Waals surface area contributed by atoms with Crippen molar-refractivity contribution in [2.75, 3.05) is 0 Å². The summed E-state index contributed by atoms with van der Waals surface area (Å²) < 4.78 is 10.9. The number of hydrogen-bond donors (Lipinski definition) is 1. The lowest BCUT2D eigenvalue weighted by atomic mass is 10.1. The van der Waals surface area contributed by atoms with Gasteiger partial charge in [-0.1, -0.05) is 18.2 Å². The molecule has 0 spiro atoms. The summed E-state index contributed by atoms with van der Waals surface area (Å²) in [5, 5.41) is 1.35. The minimum atomic E-state index is -0.435. The van der Waals surface area contributed by atoms with Gasteiger partial charge in [-0.2, -0.15) is 0 Å².